The van der Waals surface area contributed by atoms with E-state index in [1.807, 2.05) is 0 Å². The smallest absolute Gasteiger partial charge is 0.0164 e. The molecule has 0 spiro atoms. The molecule has 0 N–H and O–H groups in total. The fourth-order valence-electron chi connectivity index (χ4n) is 4.19. The molecule has 0 aliphatic heterocycles. The van der Waals surface area contributed by atoms with Crippen LogP contribution in [0.25, 0.3) is 0 Å². The molecule has 0 aromatic heterocycles. The van der Waals surface area contributed by atoms with E-state index < -0.39 is 0 Å². The van der Waals surface area contributed by atoms with E-state index in [1.54, 1.807) is 11.1 Å². The molecule has 1 fully saturated rings. The molecule has 0 nitrogen and oxygen atoms in total. The first-order valence-corrected chi connectivity index (χ1v) is 8.48. The van der Waals surface area contributed by atoms with Gasteiger partial charge in [0.15, 0.2) is 0 Å². The fraction of sp³-hybridized carbons (Fsp3) is 0.647. The van der Waals surface area contributed by atoms with Gasteiger partial charge in [-0.2, -0.15) is 0 Å². The van der Waals surface area contributed by atoms with Gasteiger partial charge < -0.3 is 0 Å². The minimum Gasteiger partial charge on any atom is -0.0820 e. The Kier molecular flexibility index (Phi) is 3.24. The summed E-state index contributed by atoms with van der Waals surface area (Å²) >= 11 is 2.69. The zero-order valence-corrected chi connectivity index (χ0v) is 13.8. The zero-order chi connectivity index (χ0) is 12.9. The van der Waals surface area contributed by atoms with E-state index in [4.69, 9.17) is 0 Å². The molecular formula is C17H23I. The van der Waals surface area contributed by atoms with Gasteiger partial charge in [-0.15, -0.1) is 0 Å². The summed E-state index contributed by atoms with van der Waals surface area (Å²) in [6, 6.07) is 7.13. The lowest BCUT2D eigenvalue weighted by Gasteiger charge is -2.50. The van der Waals surface area contributed by atoms with E-state index in [1.165, 1.54) is 31.2 Å². The van der Waals surface area contributed by atoms with Gasteiger partial charge in [0.1, 0.15) is 0 Å². The number of aryl methyl sites for hydroxylation is 2. The quantitative estimate of drug-likeness (QED) is 0.440. The van der Waals surface area contributed by atoms with Crippen molar-refractivity contribution in [3.63, 3.8) is 0 Å². The standard InChI is InChI=1S/C17H23I/c1-11-4-5-12-6-8-15-13(14(12)10-11)7-9-16(18)17(15,2)3/h4-5,10,13,15-16H,6-9H2,1-3H3/t13?,15-,16+/m1/s1. The van der Waals surface area contributed by atoms with E-state index in [-0.39, 0.29) is 0 Å². The highest BCUT2D eigenvalue weighted by atomic mass is 127. The van der Waals surface area contributed by atoms with Crippen molar-refractivity contribution < 1.29 is 0 Å². The second-order valence-electron chi connectivity index (χ2n) is 6.82. The second kappa shape index (κ2) is 4.50. The van der Waals surface area contributed by atoms with Gasteiger partial charge in [0.2, 0.25) is 0 Å². The number of benzene rings is 1. The van der Waals surface area contributed by atoms with Crippen LogP contribution in [0.15, 0.2) is 18.2 Å². The normalized spacial score (nSPS) is 33.7. The van der Waals surface area contributed by atoms with E-state index in [9.17, 15) is 0 Å². The molecule has 98 valence electrons. The topological polar surface area (TPSA) is 0 Å². The van der Waals surface area contributed by atoms with Crippen molar-refractivity contribution in [2.75, 3.05) is 0 Å². The predicted molar refractivity (Wildman–Crippen MR) is 86.6 cm³/mol. The van der Waals surface area contributed by atoms with Crippen LogP contribution in [0.5, 0.6) is 0 Å². The van der Waals surface area contributed by atoms with Gasteiger partial charge in [0.05, 0.1) is 0 Å². The molecule has 0 bridgehead atoms. The molecule has 1 heteroatoms. The molecule has 1 unspecified atom stereocenters. The van der Waals surface area contributed by atoms with E-state index in [2.05, 4.69) is 61.6 Å². The highest BCUT2D eigenvalue weighted by Gasteiger charge is 2.46. The Balaban J connectivity index is 2.02. The lowest BCUT2D eigenvalue weighted by Crippen LogP contribution is -2.43. The molecule has 0 amide bonds. The molecule has 1 aromatic rings. The maximum Gasteiger partial charge on any atom is 0.0164 e. The Bertz CT molecular complexity index is 461. The summed E-state index contributed by atoms with van der Waals surface area (Å²) in [7, 11) is 0. The maximum atomic E-state index is 2.69. The van der Waals surface area contributed by atoms with Crippen molar-refractivity contribution in [3.05, 3.63) is 34.9 Å². The minimum atomic E-state index is 0.505. The van der Waals surface area contributed by atoms with Gasteiger partial charge in [0.25, 0.3) is 0 Å². The third-order valence-electron chi connectivity index (χ3n) is 5.41. The number of fused-ring (bicyclic) bond motifs is 3. The van der Waals surface area contributed by atoms with Crippen molar-refractivity contribution in [2.24, 2.45) is 11.3 Å². The Morgan fingerprint density at radius 3 is 2.72 bits per heavy atom. The van der Waals surface area contributed by atoms with Crippen molar-refractivity contribution >= 4 is 22.6 Å². The molecule has 18 heavy (non-hydrogen) atoms. The first kappa shape index (κ1) is 13.0. The van der Waals surface area contributed by atoms with Gasteiger partial charge in [-0.1, -0.05) is 60.2 Å². The van der Waals surface area contributed by atoms with Crippen LogP contribution in [0.3, 0.4) is 0 Å². The average Bonchev–Trinajstić information content (AvgIpc) is 2.33. The molecule has 2 aliphatic rings. The average molecular weight is 354 g/mol. The third-order valence-corrected chi connectivity index (χ3v) is 7.63. The van der Waals surface area contributed by atoms with Crippen molar-refractivity contribution in [1.29, 1.82) is 0 Å². The van der Waals surface area contributed by atoms with Crippen molar-refractivity contribution in [3.8, 4) is 0 Å². The molecular weight excluding hydrogens is 331 g/mol. The van der Waals surface area contributed by atoms with Crippen molar-refractivity contribution in [1.82, 2.24) is 0 Å². The van der Waals surface area contributed by atoms with Gasteiger partial charge >= 0.3 is 0 Å². The lowest BCUT2D eigenvalue weighted by molar-refractivity contribution is 0.111. The summed E-state index contributed by atoms with van der Waals surface area (Å²) in [5.74, 6) is 1.72. The lowest BCUT2D eigenvalue weighted by atomic mass is 9.57. The SMILES string of the molecule is Cc1ccc2c(c1)C1CC[C@H](I)C(C)(C)[C@@H]1CC2. The van der Waals surface area contributed by atoms with Crippen LogP contribution in [-0.4, -0.2) is 3.92 Å². The van der Waals surface area contributed by atoms with E-state index in [0.29, 0.717) is 5.41 Å². The Labute approximate surface area is 125 Å². The molecule has 0 saturated heterocycles. The number of hydrogen-bond acceptors (Lipinski definition) is 0. The maximum absolute atomic E-state index is 2.69. The van der Waals surface area contributed by atoms with Crippen LogP contribution in [0.2, 0.25) is 0 Å². The fourth-order valence-corrected chi connectivity index (χ4v) is 5.01. The van der Waals surface area contributed by atoms with Gasteiger partial charge in [-0.3, -0.25) is 0 Å². The molecule has 3 rings (SSSR count). The first-order valence-electron chi connectivity index (χ1n) is 7.23. The molecule has 0 heterocycles. The van der Waals surface area contributed by atoms with Crippen LogP contribution < -0.4 is 0 Å². The van der Waals surface area contributed by atoms with Crippen LogP contribution in [-0.2, 0) is 6.42 Å². The first-order chi connectivity index (χ1) is 8.50. The third kappa shape index (κ3) is 1.93. The molecule has 1 aromatic carbocycles. The molecule has 1 saturated carbocycles. The van der Waals surface area contributed by atoms with Crippen LogP contribution in [0.1, 0.15) is 55.7 Å². The summed E-state index contributed by atoms with van der Waals surface area (Å²) in [6.07, 6.45) is 5.48. The Morgan fingerprint density at radius 2 is 1.94 bits per heavy atom. The van der Waals surface area contributed by atoms with Crippen molar-refractivity contribution in [2.45, 2.75) is 56.3 Å². The number of alkyl halides is 1. The number of hydrogen-bond donors (Lipinski definition) is 0. The van der Waals surface area contributed by atoms with E-state index in [0.717, 1.165) is 15.8 Å². The number of rotatable bonds is 0. The molecule has 3 atom stereocenters. The Hall–Kier alpha value is -0.0500. The summed E-state index contributed by atoms with van der Waals surface area (Å²) in [4.78, 5) is 0. The monoisotopic (exact) mass is 354 g/mol. The summed E-state index contributed by atoms with van der Waals surface area (Å²) in [5.41, 5.74) is 5.25. The zero-order valence-electron chi connectivity index (χ0n) is 11.7. The van der Waals surface area contributed by atoms with E-state index >= 15 is 0 Å². The largest absolute Gasteiger partial charge is 0.0820 e. The van der Waals surface area contributed by atoms with Crippen LogP contribution in [0, 0.1) is 18.3 Å². The van der Waals surface area contributed by atoms with Gasteiger partial charge in [0, 0.05) is 3.92 Å². The van der Waals surface area contributed by atoms with Gasteiger partial charge in [-0.25, -0.2) is 0 Å². The highest BCUT2D eigenvalue weighted by molar-refractivity contribution is 14.1. The summed E-state index contributed by atoms with van der Waals surface area (Å²) in [5, 5.41) is 0. The second-order valence-corrected chi connectivity index (χ2v) is 8.32. The number of halogens is 1. The Morgan fingerprint density at radius 1 is 1.17 bits per heavy atom. The summed E-state index contributed by atoms with van der Waals surface area (Å²) in [6.45, 7) is 7.24. The van der Waals surface area contributed by atoms with Crippen LogP contribution in [0.4, 0.5) is 0 Å². The summed E-state index contributed by atoms with van der Waals surface area (Å²) < 4.78 is 0.850. The van der Waals surface area contributed by atoms with Gasteiger partial charge in [-0.05, 0) is 61.0 Å². The minimum absolute atomic E-state index is 0.505. The van der Waals surface area contributed by atoms with Crippen LogP contribution >= 0.6 is 22.6 Å². The highest BCUT2D eigenvalue weighted by Crippen LogP contribution is 2.55. The predicted octanol–water partition coefficient (Wildman–Crippen LogP) is 5.26. The molecule has 2 aliphatic carbocycles. The molecule has 0 radical (unpaired) electrons.